The second kappa shape index (κ2) is 52.3. The van der Waals surface area contributed by atoms with Crippen molar-refractivity contribution < 1.29 is 113 Å². The van der Waals surface area contributed by atoms with Crippen molar-refractivity contribution in [3.63, 3.8) is 0 Å². The number of nitrogens with zero attached hydrogens (tertiary/aromatic N) is 5. The molecule has 6 unspecified atom stereocenters. The zero-order chi connectivity index (χ0) is 100. The number of ketones is 1. The molecule has 10 N–H and O–H groups in total. The second-order valence-electron chi connectivity index (χ2n) is 40.0. The lowest BCUT2D eigenvalue weighted by Gasteiger charge is -2.45. The van der Waals surface area contributed by atoms with E-state index in [0.717, 1.165) is 37.8 Å². The molecule has 9 rings (SSSR count). The molecule has 0 saturated carbocycles. The van der Waals surface area contributed by atoms with Crippen LogP contribution in [-0.2, 0) is 83.0 Å². The summed E-state index contributed by atoms with van der Waals surface area (Å²) in [5.41, 5.74) is -1.09. The van der Waals surface area contributed by atoms with E-state index < -0.39 is 211 Å². The van der Waals surface area contributed by atoms with Crippen molar-refractivity contribution >= 4 is 71.8 Å². The topological polar surface area (TPSA) is 521 Å². The summed E-state index contributed by atoms with van der Waals surface area (Å²) in [4.78, 5) is 147. The van der Waals surface area contributed by atoms with E-state index in [1.807, 2.05) is 47.0 Å². The number of Topliss-reactive ketones (excluding diaryl/α,β-unsaturated/α-hetero) is 1. The van der Waals surface area contributed by atoms with Gasteiger partial charge in [0.2, 0.25) is 22.5 Å². The fraction of sp³-hybridized carbons (Fsp3) is 0.773. The molecule has 18 atom stereocenters. The lowest BCUT2D eigenvalue weighted by Crippen LogP contribution is -3.00. The lowest BCUT2D eigenvalue weighted by atomic mass is 10.1. The Morgan fingerprint density at radius 2 is 0.793 bits per heavy atom. The van der Waals surface area contributed by atoms with Crippen molar-refractivity contribution in [3.05, 3.63) is 132 Å². The molecule has 4 fully saturated rings. The molecule has 5 aliphatic heterocycles. The number of aliphatic hydroxyl groups is 1. The maximum atomic E-state index is 14.7. The Hall–Kier alpha value is -5.69. The number of nitrogens with one attached hydrogen (secondary N) is 5. The van der Waals surface area contributed by atoms with Crippen LogP contribution in [0, 0.1) is 0 Å². The van der Waals surface area contributed by atoms with E-state index in [9.17, 15) is 67.0 Å². The molecular weight excluding hydrogens is 1900 g/mol. The van der Waals surface area contributed by atoms with E-state index in [1.54, 1.807) is 0 Å². The molecule has 0 bridgehead atoms. The SMILES string of the molecule is CCCCCC(=O)CCC(=O)OC1[C@@H](COP(C)(=O)OC2[C@@H](CC)O[C@@H](n3ccc(=O)[nH]c3=O)[C@H]2O[Si](C)(C)C(C)(C)C)O[C@@H](n2ccc(=O)[nH]c2=O)[C@H]1O[Si](C(C)C)(C(C)C)C(C)C.CCCCCC1=NNC(=O)CC1.CC[C@H]1O[C@@H](n2ccc(=O)[nH]c2=O)[C@@H](O[Si](C)(C)C(C)(C)C)C1OP(C)(=O)OC[C@H]1O[C@@H](n2ccc(=O)[nH]c2=O)[C@@H](O[Si](C(C)C)(C(C)C)C(C)C)C1O.NN.[Cl-].[Cl-]. The Kier molecular flexibility index (Phi) is 47.2. The summed E-state index contributed by atoms with van der Waals surface area (Å²) < 4.78 is 118. The number of hydrazone groups is 1. The Labute approximate surface area is 809 Å². The van der Waals surface area contributed by atoms with Gasteiger partial charge < -0.3 is 80.4 Å². The van der Waals surface area contributed by atoms with E-state index in [-0.39, 0.29) is 92.7 Å². The highest BCUT2D eigenvalue weighted by molar-refractivity contribution is 7.53. The highest BCUT2D eigenvalue weighted by Crippen LogP contribution is 2.56. The van der Waals surface area contributed by atoms with Crippen molar-refractivity contribution in [2.45, 2.75) is 410 Å². The summed E-state index contributed by atoms with van der Waals surface area (Å²) in [6.45, 7) is 55.2. The average molecular weight is 2060 g/mol. The number of H-pyrrole nitrogens is 4. The minimum atomic E-state index is -4.14. The number of aliphatic hydroxyl groups excluding tert-OH is 1. The summed E-state index contributed by atoms with van der Waals surface area (Å²) in [6, 6.07) is 4.78. The summed E-state index contributed by atoms with van der Waals surface area (Å²) in [5, 5.41) is 15.3. The summed E-state index contributed by atoms with van der Waals surface area (Å²) in [7, 11) is -18.9. The van der Waals surface area contributed by atoms with Gasteiger partial charge in [0.25, 0.3) is 22.2 Å². The summed E-state index contributed by atoms with van der Waals surface area (Å²) in [5.74, 6) is 7.29. The molecule has 39 nitrogen and oxygen atoms in total. The number of carbonyl (C=O) groups excluding carboxylic acids is 3. The monoisotopic (exact) mass is 2060 g/mol. The third-order valence-electron chi connectivity index (χ3n) is 26.6. The van der Waals surface area contributed by atoms with Gasteiger partial charge in [-0.25, -0.2) is 24.6 Å². The van der Waals surface area contributed by atoms with Crippen LogP contribution in [-0.4, -0.2) is 200 Å². The molecule has 47 heteroatoms. The van der Waals surface area contributed by atoms with Crippen LogP contribution in [0.1, 0.15) is 267 Å². The van der Waals surface area contributed by atoms with E-state index in [4.69, 9.17) is 59.5 Å². The van der Waals surface area contributed by atoms with E-state index in [0.29, 0.717) is 25.7 Å². The van der Waals surface area contributed by atoms with Gasteiger partial charge in [-0.15, -0.1) is 0 Å². The van der Waals surface area contributed by atoms with Crippen LogP contribution < -0.4 is 86.9 Å². The third-order valence-corrected chi connectivity index (χ3v) is 50.2. The molecule has 0 spiro atoms. The predicted molar refractivity (Wildman–Crippen MR) is 518 cm³/mol. The van der Waals surface area contributed by atoms with Gasteiger partial charge in [-0.05, 0) is 108 Å². The molecule has 1 amide bonds. The molecule has 0 aliphatic carbocycles. The molecule has 772 valence electrons. The smallest absolute Gasteiger partial charge is 0.330 e. The predicted octanol–water partition coefficient (Wildman–Crippen LogP) is 6.80. The molecule has 0 aromatic carbocycles. The van der Waals surface area contributed by atoms with Gasteiger partial charge >= 0.3 is 43.9 Å². The average Bonchev–Trinajstić information content (AvgIpc) is 1.63. The molecule has 4 aromatic heterocycles. The first-order valence-electron chi connectivity index (χ1n) is 46.8. The van der Waals surface area contributed by atoms with Gasteiger partial charge in [0.15, 0.2) is 47.7 Å². The second-order valence-corrected chi connectivity index (χ2v) is 64.4. The number of rotatable bonds is 42. The third kappa shape index (κ3) is 31.4. The van der Waals surface area contributed by atoms with Crippen LogP contribution in [0.3, 0.4) is 0 Å². The summed E-state index contributed by atoms with van der Waals surface area (Å²) in [6.07, 6.45) is -1.85. The van der Waals surface area contributed by atoms with Crippen LogP contribution in [0.5, 0.6) is 0 Å². The lowest BCUT2D eigenvalue weighted by molar-refractivity contribution is -0.156. The van der Waals surface area contributed by atoms with Gasteiger partial charge in [0.1, 0.15) is 60.7 Å². The number of aromatic nitrogens is 8. The first kappa shape index (κ1) is 122. The largest absolute Gasteiger partial charge is 1.00 e. The van der Waals surface area contributed by atoms with Gasteiger partial charge in [-0.2, -0.15) is 5.10 Å². The highest BCUT2D eigenvalue weighted by atomic mass is 35.5. The number of halogens is 2. The fourth-order valence-corrected chi connectivity index (χ4v) is 33.7. The zero-order valence-corrected chi connectivity index (χ0v) is 91.5. The van der Waals surface area contributed by atoms with E-state index in [1.165, 1.54) is 99.9 Å². The number of ether oxygens (including phenoxy) is 5. The molecule has 4 saturated heterocycles. The van der Waals surface area contributed by atoms with Crippen LogP contribution >= 0.6 is 15.2 Å². The summed E-state index contributed by atoms with van der Waals surface area (Å²) >= 11 is 0. The van der Waals surface area contributed by atoms with Crippen LogP contribution in [0.4, 0.5) is 0 Å². The minimum Gasteiger partial charge on any atom is -1.00 e. The fourth-order valence-electron chi connectivity index (χ4n) is 17.7. The number of carbonyl (C=O) groups is 3. The van der Waals surface area contributed by atoms with Crippen molar-refractivity contribution in [1.29, 1.82) is 0 Å². The number of nitrogens with two attached hydrogens (primary N) is 2. The number of aromatic amines is 4. The first-order chi connectivity index (χ1) is 61.9. The normalized spacial score (nSPS) is 24.9. The Balaban J connectivity index is 0.000000491. The Bertz CT molecular complexity index is 5070. The van der Waals surface area contributed by atoms with Gasteiger partial charge in [0.05, 0.1) is 31.8 Å². The van der Waals surface area contributed by atoms with Crippen LogP contribution in [0.25, 0.3) is 0 Å². The van der Waals surface area contributed by atoms with Crippen molar-refractivity contribution in [1.82, 2.24) is 43.6 Å². The zero-order valence-electron chi connectivity index (χ0n) is 84.2. The molecule has 5 aliphatic rings. The van der Waals surface area contributed by atoms with Crippen molar-refractivity contribution in [3.8, 4) is 0 Å². The Morgan fingerprint density at radius 3 is 1.12 bits per heavy atom. The number of hydrogen-bond donors (Lipinski definition) is 8. The van der Waals surface area contributed by atoms with Crippen molar-refractivity contribution in [2.75, 3.05) is 26.5 Å². The van der Waals surface area contributed by atoms with Crippen LogP contribution in [0.15, 0.2) is 92.5 Å². The van der Waals surface area contributed by atoms with E-state index in [2.05, 4.69) is 174 Å². The molecule has 135 heavy (non-hydrogen) atoms. The van der Waals surface area contributed by atoms with Gasteiger partial charge in [-0.1, -0.05) is 178 Å². The number of hydrazine groups is 1. The van der Waals surface area contributed by atoms with Gasteiger partial charge in [0, 0.05) is 87.4 Å². The van der Waals surface area contributed by atoms with Crippen molar-refractivity contribution in [2.24, 2.45) is 16.8 Å². The standard InChI is InChI=1S/C44H75N4O14PSi2.C35H61N4O12PSi2.C9H16N2O.2ClH.H4N2/c1-15-17-18-19-30(49)20-21-35(52)59-36-32(58-40(47-24-22-33(50)45-42(47)53)38(36)62-65(27(3)4,28(5)6)29(7)8)26-56-63(12,55)60-37-31(16-2)57-41(48-25-23-34(51)46-43(48)54)39(37)61-64(13,14)44(9,10)11;1-14-23-28(30(50-53(12,13)35(8,9)10)32(47-23)39-18-16-26(41)37-34(39)44)49-52(11,45)46-19-24-27(42)29(51-54(20(2)3,21(4)5)22(6)7)31(48-24)38-17-15-25(40)36-33(38)43;1-2-3-4-5-8-6-7-9(12)11-10-8;;;1-2/h22-25,27-29,31-32,36-41H,15-21,26H2,1-14H3,(H,45,50,53)(H,46,51,54);15-18,20-24,27-32,42H,14,19H2,1-13H3,(H,36,40,43)(H,37,41,44);2-7H2,1H3,(H,11,12);2*1H;1-2H2/p-2/t31-,32-,36?,37?,38+,39+,40-,41-,63?;23-,24-,27?,28?,29+,30+,31-,32-,52?;;;;/m11..../s1. The van der Waals surface area contributed by atoms with E-state index >= 15 is 0 Å². The number of unbranched alkanes of at least 4 members (excludes halogenated alkanes) is 4. The first-order valence-corrected chi connectivity index (χ1v) is 60.9. The highest BCUT2D eigenvalue weighted by Gasteiger charge is 2.60. The van der Waals surface area contributed by atoms with Crippen LogP contribution in [0.2, 0.25) is 69.5 Å². The van der Waals surface area contributed by atoms with Gasteiger partial charge in [-0.3, -0.25) is 102 Å². The Morgan fingerprint density at radius 1 is 0.467 bits per heavy atom. The maximum Gasteiger partial charge on any atom is 0.330 e. The minimum absolute atomic E-state index is 0. The molecule has 0 radical (unpaired) electrons. The quantitative estimate of drug-likeness (QED) is 0.00564. The molecule has 4 aromatic rings. The number of esters is 1. The number of amides is 1. The maximum absolute atomic E-state index is 14.7. The number of hydrogen-bond acceptors (Lipinski definition) is 30. The molecular formula is C88H156Cl2N12O27P2Si4-2. The molecule has 9 heterocycles.